The molecular formula is C20H20Cl2N6O3S. The lowest BCUT2D eigenvalue weighted by Gasteiger charge is -2.09. The van der Waals surface area contributed by atoms with Crippen LogP contribution in [0.25, 0.3) is 5.69 Å². The Bertz CT molecular complexity index is 1270. The lowest BCUT2D eigenvalue weighted by atomic mass is 10.2. The number of nitrogens with zero attached hydrogens (tertiary/aromatic N) is 3. The molecule has 2 amide bonds. The van der Waals surface area contributed by atoms with Gasteiger partial charge in [-0.15, -0.1) is 11.3 Å². The highest BCUT2D eigenvalue weighted by molar-refractivity contribution is 7.15. The summed E-state index contributed by atoms with van der Waals surface area (Å²) in [5, 5.41) is 9.25. The van der Waals surface area contributed by atoms with Crippen molar-refractivity contribution in [3.8, 4) is 5.69 Å². The van der Waals surface area contributed by atoms with E-state index in [9.17, 15) is 14.4 Å². The van der Waals surface area contributed by atoms with Gasteiger partial charge in [-0.3, -0.25) is 24.9 Å². The Kier molecular flexibility index (Phi) is 7.19. The summed E-state index contributed by atoms with van der Waals surface area (Å²) >= 11 is 13.0. The minimum Gasteiger partial charge on any atom is -0.295 e. The average Bonchev–Trinajstić information content (AvgIpc) is 3.33. The molecule has 0 radical (unpaired) electrons. The number of hydrazone groups is 1. The van der Waals surface area contributed by atoms with Crippen LogP contribution in [0, 0.1) is 6.92 Å². The van der Waals surface area contributed by atoms with E-state index in [1.165, 1.54) is 15.8 Å². The third-order valence-corrected chi connectivity index (χ3v) is 6.12. The normalized spacial score (nSPS) is 11.7. The predicted octanol–water partition coefficient (Wildman–Crippen LogP) is 3.20. The average molecular weight is 495 g/mol. The quantitative estimate of drug-likeness (QED) is 0.360. The number of aryl methyl sites for hydroxylation is 1. The van der Waals surface area contributed by atoms with Crippen molar-refractivity contribution in [1.29, 1.82) is 0 Å². The molecule has 0 saturated carbocycles. The summed E-state index contributed by atoms with van der Waals surface area (Å²) in [5.41, 5.74) is 6.39. The van der Waals surface area contributed by atoms with Crippen LogP contribution in [0.15, 0.2) is 40.2 Å². The topological polar surface area (TPSA) is 112 Å². The van der Waals surface area contributed by atoms with Crippen molar-refractivity contribution in [3.63, 3.8) is 0 Å². The molecule has 2 heterocycles. The first kappa shape index (κ1) is 23.7. The molecule has 32 heavy (non-hydrogen) atoms. The van der Waals surface area contributed by atoms with Gasteiger partial charge >= 0.3 is 0 Å². The Morgan fingerprint density at radius 1 is 1.09 bits per heavy atom. The van der Waals surface area contributed by atoms with Crippen molar-refractivity contribution >= 4 is 52.1 Å². The van der Waals surface area contributed by atoms with E-state index in [0.29, 0.717) is 42.5 Å². The van der Waals surface area contributed by atoms with E-state index in [1.54, 1.807) is 52.2 Å². The Hall–Kier alpha value is -2.92. The van der Waals surface area contributed by atoms with E-state index in [2.05, 4.69) is 21.1 Å². The van der Waals surface area contributed by atoms with E-state index >= 15 is 0 Å². The van der Waals surface area contributed by atoms with E-state index in [4.69, 9.17) is 23.2 Å². The maximum absolute atomic E-state index is 12.9. The van der Waals surface area contributed by atoms with Crippen LogP contribution in [0.1, 0.15) is 37.5 Å². The largest absolute Gasteiger partial charge is 0.295 e. The molecule has 0 bridgehead atoms. The van der Waals surface area contributed by atoms with Crippen LogP contribution in [-0.4, -0.2) is 46.4 Å². The maximum Gasteiger partial charge on any atom is 0.281 e. The first-order valence-electron chi connectivity index (χ1n) is 9.28. The molecule has 3 N–H and O–H groups in total. The summed E-state index contributed by atoms with van der Waals surface area (Å²) < 4.78 is 1.32. The smallest absolute Gasteiger partial charge is 0.281 e. The van der Waals surface area contributed by atoms with Crippen LogP contribution < -0.4 is 16.4 Å². The standard InChI is InChI=1S/C20H20Cl2N6O3S/c1-10(23-24-18(29)15-7-8-16(32-15)19(30)26-27(3)4)17-11(2)25-28(20(17)31)12-5-6-13(21)14(22)9-12/h5-9,25H,1-4H3,(H,24,29)(H,26,30)/b23-10+. The fraction of sp³-hybridized carbons (Fsp3) is 0.200. The Labute approximate surface area is 197 Å². The second-order valence-electron chi connectivity index (χ2n) is 6.99. The summed E-state index contributed by atoms with van der Waals surface area (Å²) in [5.74, 6) is -0.805. The summed E-state index contributed by atoms with van der Waals surface area (Å²) in [6.45, 7) is 3.34. The van der Waals surface area contributed by atoms with Crippen molar-refractivity contribution in [2.75, 3.05) is 14.1 Å². The molecule has 3 aromatic rings. The number of aromatic amines is 1. The molecule has 0 aliphatic carbocycles. The fourth-order valence-electron chi connectivity index (χ4n) is 2.86. The highest BCUT2D eigenvalue weighted by Gasteiger charge is 2.17. The van der Waals surface area contributed by atoms with Crippen molar-refractivity contribution in [3.05, 3.63) is 71.7 Å². The summed E-state index contributed by atoms with van der Waals surface area (Å²) in [7, 11) is 3.38. The van der Waals surface area contributed by atoms with E-state index < -0.39 is 5.91 Å². The molecule has 0 spiro atoms. The number of hydrazine groups is 1. The number of carbonyl (C=O) groups is 2. The lowest BCUT2D eigenvalue weighted by molar-refractivity contribution is 0.0861. The van der Waals surface area contributed by atoms with E-state index in [0.717, 1.165) is 11.3 Å². The number of H-pyrrole nitrogens is 1. The summed E-state index contributed by atoms with van der Waals surface area (Å²) in [6, 6.07) is 7.91. The predicted molar refractivity (Wildman–Crippen MR) is 126 cm³/mol. The van der Waals surface area contributed by atoms with Crippen LogP contribution in [0.5, 0.6) is 0 Å². The molecule has 0 fully saturated rings. The SMILES string of the molecule is C/C(=N\NC(=O)c1ccc(C(=O)NN(C)C)s1)c1c(C)[nH]n(-c2ccc(Cl)c(Cl)c2)c1=O. The number of thiophene rings is 1. The zero-order chi connectivity index (χ0) is 23.6. The Morgan fingerprint density at radius 2 is 1.75 bits per heavy atom. The molecule has 0 saturated heterocycles. The second kappa shape index (κ2) is 9.70. The molecule has 9 nitrogen and oxygen atoms in total. The molecule has 12 heteroatoms. The number of hydrogen-bond donors (Lipinski definition) is 3. The zero-order valence-corrected chi connectivity index (χ0v) is 19.9. The Morgan fingerprint density at radius 3 is 2.38 bits per heavy atom. The van der Waals surface area contributed by atoms with E-state index in [1.807, 2.05) is 0 Å². The van der Waals surface area contributed by atoms with Gasteiger partial charge in [-0.1, -0.05) is 23.2 Å². The zero-order valence-electron chi connectivity index (χ0n) is 17.6. The van der Waals surface area contributed by atoms with Crippen molar-refractivity contribution < 1.29 is 9.59 Å². The molecule has 1 aromatic carbocycles. The minimum absolute atomic E-state index is 0.310. The molecule has 0 aliphatic rings. The second-order valence-corrected chi connectivity index (χ2v) is 8.89. The highest BCUT2D eigenvalue weighted by atomic mass is 35.5. The summed E-state index contributed by atoms with van der Waals surface area (Å²) in [6.07, 6.45) is 0. The van der Waals surface area contributed by atoms with Crippen molar-refractivity contribution in [1.82, 2.24) is 25.6 Å². The fourth-order valence-corrected chi connectivity index (χ4v) is 3.94. The van der Waals surface area contributed by atoms with Gasteiger partial charge in [0, 0.05) is 19.8 Å². The summed E-state index contributed by atoms with van der Waals surface area (Å²) in [4.78, 5) is 38.1. The van der Waals surface area contributed by atoms with Gasteiger partial charge in [-0.25, -0.2) is 15.1 Å². The molecule has 2 aromatic heterocycles. The minimum atomic E-state index is -0.490. The third-order valence-electron chi connectivity index (χ3n) is 4.30. The molecule has 3 rings (SSSR count). The van der Waals surface area contributed by atoms with Gasteiger partial charge in [0.2, 0.25) is 0 Å². The number of hydrogen-bond acceptors (Lipinski definition) is 6. The molecule has 0 atom stereocenters. The first-order chi connectivity index (χ1) is 15.1. The number of aromatic nitrogens is 2. The monoisotopic (exact) mass is 494 g/mol. The van der Waals surface area contributed by atoms with Gasteiger partial charge < -0.3 is 0 Å². The van der Waals surface area contributed by atoms with Gasteiger partial charge in [-0.2, -0.15) is 5.10 Å². The van der Waals surface area contributed by atoms with Crippen LogP contribution in [0.3, 0.4) is 0 Å². The van der Waals surface area contributed by atoms with Gasteiger partial charge in [0.25, 0.3) is 17.4 Å². The number of nitrogens with one attached hydrogen (secondary N) is 3. The molecular weight excluding hydrogens is 475 g/mol. The van der Waals surface area contributed by atoms with Gasteiger partial charge in [0.1, 0.15) is 0 Å². The molecule has 168 valence electrons. The van der Waals surface area contributed by atoms with Crippen LogP contribution in [0.4, 0.5) is 0 Å². The highest BCUT2D eigenvalue weighted by Crippen LogP contribution is 2.24. The number of carbonyl (C=O) groups excluding carboxylic acids is 2. The maximum atomic E-state index is 12.9. The lowest BCUT2D eigenvalue weighted by Crippen LogP contribution is -2.35. The van der Waals surface area contributed by atoms with Gasteiger partial charge in [-0.05, 0) is 44.2 Å². The number of amides is 2. The van der Waals surface area contributed by atoms with E-state index in [-0.39, 0.29) is 11.5 Å². The number of benzene rings is 1. The number of rotatable bonds is 6. The van der Waals surface area contributed by atoms with Gasteiger partial charge in [0.15, 0.2) is 0 Å². The number of halogens is 2. The van der Waals surface area contributed by atoms with Crippen LogP contribution in [-0.2, 0) is 0 Å². The van der Waals surface area contributed by atoms with Gasteiger partial charge in [0.05, 0.1) is 36.8 Å². The van der Waals surface area contributed by atoms with Crippen LogP contribution in [0.2, 0.25) is 10.0 Å². The van der Waals surface area contributed by atoms with Crippen molar-refractivity contribution in [2.24, 2.45) is 5.10 Å². The Balaban J connectivity index is 1.79. The molecule has 0 aliphatic heterocycles. The van der Waals surface area contributed by atoms with Crippen LogP contribution >= 0.6 is 34.5 Å². The third kappa shape index (κ3) is 5.10. The molecule has 0 unspecified atom stereocenters. The van der Waals surface area contributed by atoms with Crippen molar-refractivity contribution in [2.45, 2.75) is 13.8 Å². The first-order valence-corrected chi connectivity index (χ1v) is 10.9.